The molecule has 0 saturated heterocycles. The SMILES string of the molecule is COc1cccc(-c2nc(CN(C)[C@H](C)c3ccc4c(c3)OCCO4)c(C)o2)c1OC. The van der Waals surface area contributed by atoms with Crippen molar-refractivity contribution in [1.29, 1.82) is 0 Å². The van der Waals surface area contributed by atoms with Crippen LogP contribution in [0.4, 0.5) is 0 Å². The second-order valence-corrected chi connectivity index (χ2v) is 7.56. The Morgan fingerprint density at radius 2 is 1.84 bits per heavy atom. The number of aromatic nitrogens is 1. The third-order valence-electron chi connectivity index (χ3n) is 5.63. The number of hydrogen-bond acceptors (Lipinski definition) is 7. The van der Waals surface area contributed by atoms with Gasteiger partial charge in [-0.2, -0.15) is 0 Å². The smallest absolute Gasteiger partial charge is 0.230 e. The van der Waals surface area contributed by atoms with Crippen LogP contribution in [0.1, 0.15) is 30.0 Å². The molecule has 0 bridgehead atoms. The second-order valence-electron chi connectivity index (χ2n) is 7.56. The number of oxazole rings is 1. The molecule has 0 saturated carbocycles. The third kappa shape index (κ3) is 4.18. The zero-order chi connectivity index (χ0) is 22.0. The Labute approximate surface area is 182 Å². The summed E-state index contributed by atoms with van der Waals surface area (Å²) in [5, 5.41) is 0. The van der Waals surface area contributed by atoms with Gasteiger partial charge in [-0.25, -0.2) is 4.98 Å². The molecule has 164 valence electrons. The van der Waals surface area contributed by atoms with Crippen molar-refractivity contribution in [2.45, 2.75) is 26.4 Å². The molecule has 1 aliphatic heterocycles. The van der Waals surface area contributed by atoms with Gasteiger partial charge in [-0.3, -0.25) is 4.90 Å². The van der Waals surface area contributed by atoms with Gasteiger partial charge in [0.15, 0.2) is 23.0 Å². The lowest BCUT2D eigenvalue weighted by molar-refractivity contribution is 0.170. The minimum Gasteiger partial charge on any atom is -0.493 e. The van der Waals surface area contributed by atoms with Gasteiger partial charge in [-0.1, -0.05) is 12.1 Å². The van der Waals surface area contributed by atoms with E-state index in [-0.39, 0.29) is 6.04 Å². The molecule has 1 aliphatic rings. The number of aryl methyl sites for hydroxylation is 1. The van der Waals surface area contributed by atoms with Crippen LogP contribution in [0.25, 0.3) is 11.5 Å². The fourth-order valence-corrected chi connectivity index (χ4v) is 3.69. The lowest BCUT2D eigenvalue weighted by atomic mass is 10.1. The van der Waals surface area contributed by atoms with Crippen molar-refractivity contribution in [2.24, 2.45) is 0 Å². The second kappa shape index (κ2) is 8.89. The van der Waals surface area contributed by atoms with Crippen molar-refractivity contribution in [3.8, 4) is 34.5 Å². The average molecular weight is 424 g/mol. The molecule has 4 rings (SSSR count). The molecule has 7 heteroatoms. The number of fused-ring (bicyclic) bond motifs is 1. The molecule has 7 nitrogen and oxygen atoms in total. The van der Waals surface area contributed by atoms with E-state index in [2.05, 4.69) is 31.0 Å². The van der Waals surface area contributed by atoms with Crippen LogP contribution in [0.15, 0.2) is 40.8 Å². The Balaban J connectivity index is 1.55. The monoisotopic (exact) mass is 424 g/mol. The minimum absolute atomic E-state index is 0.154. The van der Waals surface area contributed by atoms with Gasteiger partial charge in [0.25, 0.3) is 0 Å². The third-order valence-corrected chi connectivity index (χ3v) is 5.63. The minimum atomic E-state index is 0.154. The van der Waals surface area contributed by atoms with Gasteiger partial charge < -0.3 is 23.4 Å². The van der Waals surface area contributed by atoms with E-state index in [4.69, 9.17) is 28.3 Å². The molecule has 0 N–H and O–H groups in total. The van der Waals surface area contributed by atoms with Crippen LogP contribution in [0.5, 0.6) is 23.0 Å². The molecule has 0 unspecified atom stereocenters. The lowest BCUT2D eigenvalue weighted by Gasteiger charge is -2.26. The van der Waals surface area contributed by atoms with Crippen LogP contribution in [0, 0.1) is 6.92 Å². The van der Waals surface area contributed by atoms with E-state index in [1.807, 2.05) is 31.2 Å². The van der Waals surface area contributed by atoms with Crippen molar-refractivity contribution >= 4 is 0 Å². The maximum Gasteiger partial charge on any atom is 0.230 e. The molecular formula is C24H28N2O5. The molecule has 3 aromatic rings. The van der Waals surface area contributed by atoms with Crippen LogP contribution in [-0.4, -0.2) is 44.4 Å². The summed E-state index contributed by atoms with van der Waals surface area (Å²) in [4.78, 5) is 6.99. The normalized spacial score (nSPS) is 13.9. The molecule has 0 aliphatic carbocycles. The highest BCUT2D eigenvalue weighted by molar-refractivity contribution is 5.68. The standard InChI is InChI=1S/C24H28N2O5/c1-15(17-9-10-20-22(13-17)30-12-11-29-20)26(3)14-19-16(2)31-24(25-19)18-7-6-8-21(27-4)23(18)28-5/h6-10,13,15H,11-12,14H2,1-5H3/t15-/m1/s1. The zero-order valence-electron chi connectivity index (χ0n) is 18.6. The van der Waals surface area contributed by atoms with E-state index >= 15 is 0 Å². The van der Waals surface area contributed by atoms with E-state index in [0.29, 0.717) is 37.1 Å². The van der Waals surface area contributed by atoms with Gasteiger partial charge in [-0.15, -0.1) is 0 Å². The molecule has 2 heterocycles. The molecular weight excluding hydrogens is 396 g/mol. The van der Waals surface area contributed by atoms with Gasteiger partial charge in [-0.05, 0) is 50.7 Å². The van der Waals surface area contributed by atoms with Crippen molar-refractivity contribution < 1.29 is 23.4 Å². The van der Waals surface area contributed by atoms with E-state index in [0.717, 1.165) is 34.1 Å². The van der Waals surface area contributed by atoms with Crippen LogP contribution in [-0.2, 0) is 6.54 Å². The summed E-state index contributed by atoms with van der Waals surface area (Å²) in [6.07, 6.45) is 0. The van der Waals surface area contributed by atoms with Gasteiger partial charge in [0, 0.05) is 12.6 Å². The molecule has 2 aromatic carbocycles. The number of methoxy groups -OCH3 is 2. The largest absolute Gasteiger partial charge is 0.493 e. The highest BCUT2D eigenvalue weighted by atomic mass is 16.6. The average Bonchev–Trinajstić information content (AvgIpc) is 3.17. The number of ether oxygens (including phenoxy) is 4. The van der Waals surface area contributed by atoms with E-state index in [1.165, 1.54) is 0 Å². The summed E-state index contributed by atoms with van der Waals surface area (Å²) in [6.45, 7) is 5.90. The number of benzene rings is 2. The number of para-hydroxylation sites is 1. The topological polar surface area (TPSA) is 66.2 Å². The lowest BCUT2D eigenvalue weighted by Crippen LogP contribution is -2.23. The van der Waals surface area contributed by atoms with Gasteiger partial charge in [0.05, 0.1) is 25.5 Å². The molecule has 31 heavy (non-hydrogen) atoms. The fourth-order valence-electron chi connectivity index (χ4n) is 3.69. The Hall–Kier alpha value is -3.19. The summed E-state index contributed by atoms with van der Waals surface area (Å²) in [5.74, 6) is 4.14. The molecule has 1 aromatic heterocycles. The van der Waals surface area contributed by atoms with Crippen LogP contribution >= 0.6 is 0 Å². The Kier molecular flexibility index (Phi) is 6.04. The van der Waals surface area contributed by atoms with Gasteiger partial charge in [0.1, 0.15) is 19.0 Å². The van der Waals surface area contributed by atoms with Crippen LogP contribution in [0.2, 0.25) is 0 Å². The summed E-state index contributed by atoms with van der Waals surface area (Å²) in [5.41, 5.74) is 2.80. The first-order valence-electron chi connectivity index (χ1n) is 10.3. The van der Waals surface area contributed by atoms with Crippen LogP contribution < -0.4 is 18.9 Å². The van der Waals surface area contributed by atoms with Gasteiger partial charge >= 0.3 is 0 Å². The fraction of sp³-hybridized carbons (Fsp3) is 0.375. The predicted octanol–water partition coefficient (Wildman–Crippen LogP) is 4.63. The highest BCUT2D eigenvalue weighted by Gasteiger charge is 2.22. The number of rotatable bonds is 7. The quantitative estimate of drug-likeness (QED) is 0.548. The number of nitrogens with zero attached hydrogens (tertiary/aromatic N) is 2. The molecule has 0 fully saturated rings. The van der Waals surface area contributed by atoms with Crippen molar-refractivity contribution in [3.63, 3.8) is 0 Å². The summed E-state index contributed by atoms with van der Waals surface area (Å²) < 4.78 is 28.3. The highest BCUT2D eigenvalue weighted by Crippen LogP contribution is 2.38. The first-order chi connectivity index (χ1) is 15.0. The Bertz CT molecular complexity index is 1060. The van der Waals surface area contributed by atoms with E-state index < -0.39 is 0 Å². The van der Waals surface area contributed by atoms with E-state index in [1.54, 1.807) is 14.2 Å². The molecule has 1 atom stereocenters. The molecule has 0 amide bonds. The Morgan fingerprint density at radius 3 is 2.58 bits per heavy atom. The summed E-state index contributed by atoms with van der Waals surface area (Å²) >= 11 is 0. The maximum atomic E-state index is 5.99. The van der Waals surface area contributed by atoms with Crippen molar-refractivity contribution in [3.05, 3.63) is 53.4 Å². The Morgan fingerprint density at radius 1 is 1.06 bits per heavy atom. The summed E-state index contributed by atoms with van der Waals surface area (Å²) in [6, 6.07) is 11.9. The molecule has 0 spiro atoms. The van der Waals surface area contributed by atoms with Crippen molar-refractivity contribution in [1.82, 2.24) is 9.88 Å². The van der Waals surface area contributed by atoms with Crippen molar-refractivity contribution in [2.75, 3.05) is 34.5 Å². The molecule has 0 radical (unpaired) electrons. The predicted molar refractivity (Wildman–Crippen MR) is 117 cm³/mol. The first-order valence-corrected chi connectivity index (χ1v) is 10.3. The van der Waals surface area contributed by atoms with E-state index in [9.17, 15) is 0 Å². The zero-order valence-corrected chi connectivity index (χ0v) is 18.6. The first kappa shape index (κ1) is 21.1. The number of hydrogen-bond donors (Lipinski definition) is 0. The van der Waals surface area contributed by atoms with Crippen LogP contribution in [0.3, 0.4) is 0 Å². The maximum absolute atomic E-state index is 5.99. The summed E-state index contributed by atoms with van der Waals surface area (Å²) in [7, 11) is 5.30. The van der Waals surface area contributed by atoms with Gasteiger partial charge in [0.2, 0.25) is 5.89 Å².